The summed E-state index contributed by atoms with van der Waals surface area (Å²) in [5.41, 5.74) is 3.84. The van der Waals surface area contributed by atoms with Gasteiger partial charge in [0.15, 0.2) is 5.88 Å². The Morgan fingerprint density at radius 3 is 2.37 bits per heavy atom. The fourth-order valence-corrected chi connectivity index (χ4v) is 4.11. The van der Waals surface area contributed by atoms with Crippen LogP contribution in [0.5, 0.6) is 5.88 Å². The van der Waals surface area contributed by atoms with E-state index >= 15 is 0 Å². The van der Waals surface area contributed by atoms with Gasteiger partial charge in [0.2, 0.25) is 5.91 Å². The molecule has 4 rings (SSSR count). The zero-order chi connectivity index (χ0) is 24.9. The maximum absolute atomic E-state index is 13.8. The molecule has 7 heteroatoms. The molecule has 1 amide bonds. The summed E-state index contributed by atoms with van der Waals surface area (Å²) in [5.74, 6) is -0.478. The maximum atomic E-state index is 13.8. The average Bonchev–Trinajstić information content (AvgIpc) is 3.15. The van der Waals surface area contributed by atoms with Gasteiger partial charge in [-0.2, -0.15) is 0 Å². The number of nitrogens with one attached hydrogen (secondary N) is 1. The smallest absolute Gasteiger partial charge is 0.223 e. The fraction of sp³-hybridized carbons (Fsp3) is 0.214. The number of aliphatic imine (C=N–C) groups is 1. The number of H-pyrrole nitrogens is 1. The van der Waals surface area contributed by atoms with Crippen molar-refractivity contribution in [3.63, 3.8) is 0 Å². The zero-order valence-corrected chi connectivity index (χ0v) is 20.1. The van der Waals surface area contributed by atoms with Gasteiger partial charge in [0.05, 0.1) is 22.5 Å². The van der Waals surface area contributed by atoms with Gasteiger partial charge in [-0.1, -0.05) is 30.3 Å². The third kappa shape index (κ3) is 5.58. The molecule has 1 heterocycles. The highest BCUT2D eigenvalue weighted by molar-refractivity contribution is 6.21. The Labute approximate surface area is 204 Å². The van der Waals surface area contributed by atoms with E-state index in [9.17, 15) is 14.3 Å². The topological polar surface area (TPSA) is 71.9 Å². The van der Waals surface area contributed by atoms with Crippen LogP contribution in [0.25, 0.3) is 10.9 Å². The maximum Gasteiger partial charge on any atom is 0.223 e. The zero-order valence-electron chi connectivity index (χ0n) is 20.1. The Bertz CT molecular complexity index is 1340. The molecule has 0 aliphatic rings. The molecule has 0 spiro atoms. The summed E-state index contributed by atoms with van der Waals surface area (Å²) in [4.78, 5) is 23.8. The van der Waals surface area contributed by atoms with Crippen LogP contribution in [0.1, 0.15) is 24.5 Å². The Hall–Kier alpha value is -3.97. The SMILES string of the molecule is CC(=O)N(CCCN(C)C)c1ccc(N=C(c2ccccc2)c2c(O)[nH]c3cc(F)ccc23)cc1. The molecule has 0 unspecified atom stereocenters. The van der Waals surface area contributed by atoms with E-state index in [1.54, 1.807) is 17.9 Å². The average molecular weight is 473 g/mol. The lowest BCUT2D eigenvalue weighted by molar-refractivity contribution is -0.116. The molecule has 0 aliphatic carbocycles. The van der Waals surface area contributed by atoms with Crippen molar-refractivity contribution in [1.29, 1.82) is 0 Å². The lowest BCUT2D eigenvalue weighted by Crippen LogP contribution is -2.31. The van der Waals surface area contributed by atoms with Crippen molar-refractivity contribution in [1.82, 2.24) is 9.88 Å². The lowest BCUT2D eigenvalue weighted by Gasteiger charge is -2.22. The van der Waals surface area contributed by atoms with E-state index in [0.29, 0.717) is 34.4 Å². The van der Waals surface area contributed by atoms with Gasteiger partial charge in [-0.15, -0.1) is 0 Å². The summed E-state index contributed by atoms with van der Waals surface area (Å²) in [6.07, 6.45) is 0.866. The molecule has 0 bridgehead atoms. The van der Waals surface area contributed by atoms with Crippen LogP contribution in [0.15, 0.2) is 77.8 Å². The van der Waals surface area contributed by atoms with Crippen molar-refractivity contribution >= 4 is 33.9 Å². The molecule has 4 aromatic rings. The number of carbonyl (C=O) groups excluding carboxylic acids is 1. The second kappa shape index (κ2) is 10.5. The van der Waals surface area contributed by atoms with E-state index in [4.69, 9.17) is 4.99 Å². The first kappa shape index (κ1) is 24.2. The predicted octanol–water partition coefficient (Wildman–Crippen LogP) is 5.49. The summed E-state index contributed by atoms with van der Waals surface area (Å²) in [5, 5.41) is 11.4. The number of aromatic hydroxyl groups is 1. The summed E-state index contributed by atoms with van der Waals surface area (Å²) >= 11 is 0. The van der Waals surface area contributed by atoms with Crippen LogP contribution in [0.4, 0.5) is 15.8 Å². The number of fused-ring (bicyclic) bond motifs is 1. The van der Waals surface area contributed by atoms with Gasteiger partial charge in [0.25, 0.3) is 0 Å². The van der Waals surface area contributed by atoms with Crippen molar-refractivity contribution in [3.8, 4) is 5.88 Å². The number of benzene rings is 3. The molecule has 35 heavy (non-hydrogen) atoms. The van der Waals surface area contributed by atoms with Crippen molar-refractivity contribution in [3.05, 3.63) is 89.7 Å². The fourth-order valence-electron chi connectivity index (χ4n) is 4.11. The van der Waals surface area contributed by atoms with Crippen LogP contribution in [-0.2, 0) is 4.79 Å². The number of nitrogens with zero attached hydrogens (tertiary/aromatic N) is 3. The first-order valence-corrected chi connectivity index (χ1v) is 11.5. The minimum atomic E-state index is -0.389. The number of carbonyl (C=O) groups is 1. The highest BCUT2D eigenvalue weighted by Gasteiger charge is 2.19. The lowest BCUT2D eigenvalue weighted by atomic mass is 10.0. The summed E-state index contributed by atoms with van der Waals surface area (Å²) < 4.78 is 13.8. The highest BCUT2D eigenvalue weighted by Crippen LogP contribution is 2.32. The quantitative estimate of drug-likeness (QED) is 0.333. The predicted molar refractivity (Wildman–Crippen MR) is 139 cm³/mol. The van der Waals surface area contributed by atoms with Crippen LogP contribution in [0.2, 0.25) is 0 Å². The standard InChI is InChI=1S/C28H29FN4O2/c1-19(34)33(17-7-16-32(2)3)23-13-11-22(12-14-23)30-27(20-8-5-4-6-9-20)26-24-15-10-21(29)18-25(24)31-28(26)35/h4-6,8-15,18,31,35H,7,16-17H2,1-3H3. The van der Waals surface area contributed by atoms with E-state index in [1.807, 2.05) is 68.7 Å². The van der Waals surface area contributed by atoms with Gasteiger partial charge >= 0.3 is 0 Å². The molecule has 1 aromatic heterocycles. The first-order valence-electron chi connectivity index (χ1n) is 11.5. The molecule has 0 atom stereocenters. The number of aromatic amines is 1. The Morgan fingerprint density at radius 2 is 1.71 bits per heavy atom. The molecule has 6 nitrogen and oxygen atoms in total. The van der Waals surface area contributed by atoms with Crippen LogP contribution in [0, 0.1) is 5.82 Å². The van der Waals surface area contributed by atoms with Gasteiger partial charge in [-0.25, -0.2) is 9.38 Å². The number of halogens is 1. The Balaban J connectivity index is 1.73. The number of hydrogen-bond acceptors (Lipinski definition) is 4. The van der Waals surface area contributed by atoms with Gasteiger partial charge in [0, 0.05) is 30.1 Å². The van der Waals surface area contributed by atoms with Crippen LogP contribution >= 0.6 is 0 Å². The second-order valence-corrected chi connectivity index (χ2v) is 8.71. The van der Waals surface area contributed by atoms with Crippen LogP contribution in [-0.4, -0.2) is 53.8 Å². The number of rotatable bonds is 8. The number of anilines is 1. The molecule has 3 aromatic carbocycles. The van der Waals surface area contributed by atoms with Gasteiger partial charge in [0.1, 0.15) is 5.82 Å². The van der Waals surface area contributed by atoms with Crippen molar-refractivity contribution in [2.75, 3.05) is 32.1 Å². The summed E-state index contributed by atoms with van der Waals surface area (Å²) in [7, 11) is 4.02. The van der Waals surface area contributed by atoms with Crippen molar-refractivity contribution in [2.45, 2.75) is 13.3 Å². The van der Waals surface area contributed by atoms with Gasteiger partial charge in [-0.05, 0) is 69.5 Å². The monoisotopic (exact) mass is 472 g/mol. The summed E-state index contributed by atoms with van der Waals surface area (Å²) in [6.45, 7) is 3.09. The number of aromatic nitrogens is 1. The number of hydrogen-bond donors (Lipinski definition) is 2. The van der Waals surface area contributed by atoms with E-state index in [1.165, 1.54) is 12.1 Å². The Kier molecular flexibility index (Phi) is 7.27. The molecular formula is C28H29FN4O2. The van der Waals surface area contributed by atoms with Gasteiger partial charge < -0.3 is 19.9 Å². The van der Waals surface area contributed by atoms with E-state index < -0.39 is 0 Å². The van der Waals surface area contributed by atoms with Gasteiger partial charge in [-0.3, -0.25) is 4.79 Å². The largest absolute Gasteiger partial charge is 0.494 e. The van der Waals surface area contributed by atoms with Crippen molar-refractivity contribution in [2.24, 2.45) is 4.99 Å². The van der Waals surface area contributed by atoms with Crippen LogP contribution < -0.4 is 4.90 Å². The van der Waals surface area contributed by atoms with E-state index in [2.05, 4.69) is 9.88 Å². The molecule has 0 saturated carbocycles. The molecule has 0 fully saturated rings. The van der Waals surface area contributed by atoms with E-state index in [0.717, 1.165) is 24.2 Å². The molecule has 0 aliphatic heterocycles. The molecule has 180 valence electrons. The number of amides is 1. The molecule has 0 saturated heterocycles. The summed E-state index contributed by atoms with van der Waals surface area (Å²) in [6, 6.07) is 21.4. The molecular weight excluding hydrogens is 443 g/mol. The second-order valence-electron chi connectivity index (χ2n) is 8.71. The highest BCUT2D eigenvalue weighted by atomic mass is 19.1. The third-order valence-electron chi connectivity index (χ3n) is 5.79. The minimum Gasteiger partial charge on any atom is -0.494 e. The van der Waals surface area contributed by atoms with Crippen molar-refractivity contribution < 1.29 is 14.3 Å². The van der Waals surface area contributed by atoms with Crippen LogP contribution in [0.3, 0.4) is 0 Å². The third-order valence-corrected chi connectivity index (χ3v) is 5.79. The normalized spacial score (nSPS) is 11.9. The molecule has 0 radical (unpaired) electrons. The first-order chi connectivity index (χ1) is 16.8. The minimum absolute atomic E-state index is 0.0130. The molecule has 2 N–H and O–H groups in total. The van der Waals surface area contributed by atoms with E-state index in [-0.39, 0.29) is 17.6 Å². The Morgan fingerprint density at radius 1 is 1.00 bits per heavy atom.